The monoisotopic (exact) mass is 738 g/mol. The molecule has 0 nitrogen and oxygen atoms in total. The molecule has 0 radical (unpaired) electrons. The van der Waals surface area contributed by atoms with E-state index in [9.17, 15) is 0 Å². The van der Waals surface area contributed by atoms with Gasteiger partial charge >= 0.3 is 0 Å². The molecule has 0 spiro atoms. The van der Waals surface area contributed by atoms with Crippen molar-refractivity contribution in [1.82, 2.24) is 0 Å². The van der Waals surface area contributed by atoms with E-state index in [1.165, 1.54) is 176 Å². The second-order valence-electron chi connectivity index (χ2n) is 15.0. The molecule has 0 fully saturated rings. The average molecular weight is 740 g/mol. The Balaban J connectivity index is 0.0000110. The van der Waals surface area contributed by atoms with Crippen LogP contribution >= 0.6 is 14.5 Å². The lowest BCUT2D eigenvalue weighted by atomic mass is 10.0. The van der Waals surface area contributed by atoms with Crippen molar-refractivity contribution in [3.8, 4) is 11.1 Å². The van der Waals surface area contributed by atoms with E-state index in [0.29, 0.717) is 0 Å². The van der Waals surface area contributed by atoms with Crippen LogP contribution in [0.5, 0.6) is 0 Å². The van der Waals surface area contributed by atoms with Gasteiger partial charge in [0.15, 0.2) is 0 Å². The summed E-state index contributed by atoms with van der Waals surface area (Å²) in [5.41, 5.74) is 6.02. The van der Waals surface area contributed by atoms with Gasteiger partial charge in [0.1, 0.15) is 0 Å². The van der Waals surface area contributed by atoms with Gasteiger partial charge in [0.2, 0.25) is 0 Å². The fraction of sp³-hybridized carbons (Fsp3) is 0.727. The van der Waals surface area contributed by atoms with Crippen molar-refractivity contribution < 1.29 is 24.8 Å². The maximum Gasteiger partial charge on any atom is 0.0842 e. The second kappa shape index (κ2) is 29.5. The van der Waals surface area contributed by atoms with Gasteiger partial charge in [-0.1, -0.05) is 167 Å². The first-order chi connectivity index (χ1) is 22.5. The molecule has 48 heavy (non-hydrogen) atoms. The van der Waals surface area contributed by atoms with Gasteiger partial charge in [-0.05, 0) is 60.8 Å². The summed E-state index contributed by atoms with van der Waals surface area (Å²) in [4.78, 5) is 0. The molecule has 0 atom stereocenters. The fourth-order valence-electron chi connectivity index (χ4n) is 7.71. The van der Waals surface area contributed by atoms with Gasteiger partial charge in [-0.25, -0.2) is 0 Å². The van der Waals surface area contributed by atoms with Crippen molar-refractivity contribution in [2.24, 2.45) is 0 Å². The Morgan fingerprint density at radius 3 is 0.708 bits per heavy atom. The number of halogens is 2. The van der Waals surface area contributed by atoms with Crippen molar-refractivity contribution in [2.75, 3.05) is 37.0 Å². The van der Waals surface area contributed by atoms with Crippen LogP contribution < -0.4 is 24.8 Å². The molecule has 2 aromatic carbocycles. The van der Waals surface area contributed by atoms with Gasteiger partial charge in [0.25, 0.3) is 0 Å². The molecule has 0 saturated heterocycles. The summed E-state index contributed by atoms with van der Waals surface area (Å²) in [6.45, 7) is 14.2. The first-order valence-corrected chi connectivity index (χ1v) is 25.4. The van der Waals surface area contributed by atoms with Crippen molar-refractivity contribution in [1.29, 1.82) is 0 Å². The smallest absolute Gasteiger partial charge is 0.0842 e. The van der Waals surface area contributed by atoms with Gasteiger partial charge in [-0.2, -0.15) is 0 Å². The Bertz CT molecular complexity index is 853. The van der Waals surface area contributed by atoms with E-state index in [-0.39, 0.29) is 24.8 Å². The lowest BCUT2D eigenvalue weighted by Crippen LogP contribution is -3.00. The average Bonchev–Trinajstić information content (AvgIpc) is 3.06. The lowest BCUT2D eigenvalue weighted by molar-refractivity contribution is -0.00100. The van der Waals surface area contributed by atoms with E-state index >= 15 is 0 Å². The lowest BCUT2D eigenvalue weighted by Gasteiger charge is -2.29. The maximum atomic E-state index is 2.50. The molecular formula is C44H78Cl2P2. The standard InChI is InChI=1S/C44H78P2.2ClH/c1-7-13-19-33-45(34-20-14-8-2,35-21-15-9-3)39-41-25-29-43(30-26-41)44-31-27-42(28-32-44)40-46(36-22-16-10-4,37-23-17-11-5)38-24-18-12-6;;/h25-32H,7-24,33-40H2,1-6H3;2*1H/q+2;;/p-2. The van der Waals surface area contributed by atoms with Crippen LogP contribution in [0.25, 0.3) is 11.1 Å². The number of hydrogen-bond acceptors (Lipinski definition) is 0. The molecule has 0 aliphatic rings. The molecule has 4 heteroatoms. The van der Waals surface area contributed by atoms with Crippen LogP contribution in [-0.4, -0.2) is 37.0 Å². The van der Waals surface area contributed by atoms with E-state index in [4.69, 9.17) is 0 Å². The van der Waals surface area contributed by atoms with Crippen molar-refractivity contribution in [3.05, 3.63) is 59.7 Å². The molecule has 0 unspecified atom stereocenters. The van der Waals surface area contributed by atoms with E-state index in [1.54, 1.807) is 11.1 Å². The largest absolute Gasteiger partial charge is 1.00 e. The van der Waals surface area contributed by atoms with Gasteiger partial charge in [0, 0.05) is 14.5 Å². The predicted molar refractivity (Wildman–Crippen MR) is 219 cm³/mol. The second-order valence-corrected chi connectivity index (χ2v) is 23.7. The molecule has 2 aromatic rings. The van der Waals surface area contributed by atoms with Gasteiger partial charge in [0.05, 0.1) is 49.3 Å². The third kappa shape index (κ3) is 18.9. The third-order valence-corrected chi connectivity index (χ3v) is 20.4. The molecule has 278 valence electrons. The summed E-state index contributed by atoms with van der Waals surface area (Å²) in [6, 6.07) is 19.8. The maximum absolute atomic E-state index is 2.50. The molecule has 0 amide bonds. The van der Waals surface area contributed by atoms with Crippen molar-refractivity contribution in [3.63, 3.8) is 0 Å². The Labute approximate surface area is 315 Å². The molecule has 0 N–H and O–H groups in total. The van der Waals surface area contributed by atoms with E-state index in [2.05, 4.69) is 90.1 Å². The summed E-state index contributed by atoms with van der Waals surface area (Å²) in [6.07, 6.45) is 37.2. The molecule has 2 rings (SSSR count). The van der Waals surface area contributed by atoms with Crippen molar-refractivity contribution >= 4 is 14.5 Å². The minimum Gasteiger partial charge on any atom is -1.00 e. The number of benzene rings is 2. The molecule has 0 bridgehead atoms. The third-order valence-electron chi connectivity index (χ3n) is 10.7. The number of hydrogen-bond donors (Lipinski definition) is 0. The van der Waals surface area contributed by atoms with Crippen LogP contribution in [0.4, 0.5) is 0 Å². The van der Waals surface area contributed by atoms with Crippen LogP contribution in [0, 0.1) is 0 Å². The van der Waals surface area contributed by atoms with Crippen LogP contribution in [-0.2, 0) is 12.3 Å². The van der Waals surface area contributed by atoms with Crippen LogP contribution in [0.2, 0.25) is 0 Å². The van der Waals surface area contributed by atoms with Gasteiger partial charge in [-0.15, -0.1) is 0 Å². The highest BCUT2D eigenvalue weighted by Gasteiger charge is 2.37. The Hall–Kier alpha value is -0.120. The SMILES string of the molecule is CCCCC[P+](CCCCC)(CCCCC)Cc1ccc(-c2ccc(C[P+](CCCCC)(CCCCC)CCCCC)cc2)cc1.[Cl-].[Cl-]. The zero-order valence-electron chi connectivity index (χ0n) is 32.7. The predicted octanol–water partition coefficient (Wildman–Crippen LogP) is 9.54. The number of rotatable bonds is 29. The highest BCUT2D eigenvalue weighted by molar-refractivity contribution is 7.75. The van der Waals surface area contributed by atoms with E-state index in [1.807, 2.05) is 0 Å². The first kappa shape index (κ1) is 47.9. The van der Waals surface area contributed by atoms with Crippen molar-refractivity contribution in [2.45, 2.75) is 169 Å². The minimum atomic E-state index is -0.949. The highest BCUT2D eigenvalue weighted by Crippen LogP contribution is 2.64. The zero-order chi connectivity index (χ0) is 33.4. The molecule has 0 aliphatic carbocycles. The molecule has 0 aromatic heterocycles. The molecule has 0 aliphatic heterocycles. The fourth-order valence-corrected chi connectivity index (χ4v) is 17.3. The van der Waals surface area contributed by atoms with Crippen LogP contribution in [0.3, 0.4) is 0 Å². The first-order valence-electron chi connectivity index (χ1n) is 20.4. The number of unbranched alkanes of at least 4 members (excludes halogenated alkanes) is 12. The minimum absolute atomic E-state index is 0. The zero-order valence-corrected chi connectivity index (χ0v) is 36.0. The summed E-state index contributed by atoms with van der Waals surface area (Å²) in [7, 11) is -1.90. The summed E-state index contributed by atoms with van der Waals surface area (Å²) >= 11 is 0. The highest BCUT2D eigenvalue weighted by atomic mass is 35.5. The Morgan fingerprint density at radius 2 is 0.521 bits per heavy atom. The molecular weight excluding hydrogens is 661 g/mol. The van der Waals surface area contributed by atoms with Crippen LogP contribution in [0.1, 0.15) is 168 Å². The quantitative estimate of drug-likeness (QED) is 0.0576. The van der Waals surface area contributed by atoms with Crippen LogP contribution in [0.15, 0.2) is 48.5 Å². The topological polar surface area (TPSA) is 0 Å². The summed E-state index contributed by atoms with van der Waals surface area (Å²) in [5.74, 6) is 0. The molecule has 0 saturated carbocycles. The van der Waals surface area contributed by atoms with Gasteiger partial charge < -0.3 is 24.8 Å². The Kier molecular flexibility index (Phi) is 29.4. The van der Waals surface area contributed by atoms with E-state index < -0.39 is 14.5 Å². The van der Waals surface area contributed by atoms with E-state index in [0.717, 1.165) is 0 Å². The Morgan fingerprint density at radius 1 is 0.312 bits per heavy atom. The molecule has 0 heterocycles. The summed E-state index contributed by atoms with van der Waals surface area (Å²) in [5, 5.41) is 0. The van der Waals surface area contributed by atoms with Gasteiger partial charge in [-0.3, -0.25) is 0 Å². The normalized spacial score (nSPS) is 11.7. The summed E-state index contributed by atoms with van der Waals surface area (Å²) < 4.78 is 0.